The first-order chi connectivity index (χ1) is 59.8. The number of fused-ring (bicyclic) bond motifs is 15. The standard InChI is InChI=1S/C83H93Cl3N10O28S2/c1-31(2)18-45(89-5)74(109)95-62-64(102)34-7-15-49(43(85)20-34)118-51-22-36-23-52(71(51)123-82-69(107)67(105)72(54(30-97)121-82)124-81-68(106)66(104)65(103)53(120-81)29-90-28-40-13-17-57(126-40)125-39-11-9-37(84)10-12-39)119-50-16-8-35(21-44(50)86)70(122-56-27-83(4,88)73(108)32(3)117-56)63-79(114)94-61(80(115)116)42-24-38(98)25-48(100)58(42)41-19-33(6-14-47(41)99)59(76(111)96-63)93-77(112)60(36)92-75(110)46(26-55(87)101)91-78(62)113/h6-17,19-25,31-32,45-46,53-54,56,59-70,72-73,81-82,89-90,97-100,102-108H,18,26-30,88H2,1-5H3,(H2,87,101)(H,91,113)(H,92,110)(H,93,112)(H,94,114)(H,95,109)(H,96,111)(H,115,116)/t32-,45+,46-,53+,54+,56-,59+,60+,61+,62+,63-,64+,65-,66-,67+,68+,69+,70+,72+,73-,81+,82?,83-/m0/s1. The number of nitrogens with two attached hydrogens (primary N) is 2. The number of carbonyl (C=O) groups is 8. The molecule has 676 valence electrons. The third-order valence-corrected chi connectivity index (χ3v) is 25.1. The molecule has 1 unspecified atom stereocenters. The van der Waals surface area contributed by atoms with E-state index in [1.807, 2.05) is 24.3 Å². The summed E-state index contributed by atoms with van der Waals surface area (Å²) in [7, 11) is 1.46. The van der Waals surface area contributed by atoms with Crippen LogP contribution in [0.3, 0.4) is 0 Å². The first-order valence-corrected chi connectivity index (χ1v) is 42.4. The van der Waals surface area contributed by atoms with Gasteiger partial charge in [-0.25, -0.2) is 4.79 Å². The summed E-state index contributed by atoms with van der Waals surface area (Å²) in [6.45, 7) is 5.51. The topological polar surface area (TPSA) is 601 Å². The van der Waals surface area contributed by atoms with E-state index in [0.29, 0.717) is 5.02 Å². The Hall–Kier alpha value is -9.84. The van der Waals surface area contributed by atoms with E-state index in [9.17, 15) is 75.7 Å². The number of carboxylic acid groups (broad SMARTS) is 1. The maximum absolute atomic E-state index is 16.4. The van der Waals surface area contributed by atoms with Gasteiger partial charge in [0, 0.05) is 62.6 Å². The molecule has 7 amide bonds. The summed E-state index contributed by atoms with van der Waals surface area (Å²) >= 11 is 23.6. The molecule has 0 saturated carbocycles. The predicted molar refractivity (Wildman–Crippen MR) is 446 cm³/mol. The molecule has 8 aliphatic heterocycles. The van der Waals surface area contributed by atoms with Gasteiger partial charge in [0.2, 0.25) is 53.4 Å². The average molecular weight is 1850 g/mol. The van der Waals surface area contributed by atoms with Crippen LogP contribution in [0.5, 0.6) is 46.0 Å². The third-order valence-electron chi connectivity index (χ3n) is 22.0. The number of aromatic hydroxyl groups is 3. The summed E-state index contributed by atoms with van der Waals surface area (Å²) in [6.07, 6.45) is -29.1. The van der Waals surface area contributed by atoms with E-state index >= 15 is 24.0 Å². The molecule has 38 nitrogen and oxygen atoms in total. The van der Waals surface area contributed by atoms with Gasteiger partial charge in [-0.3, -0.25) is 33.6 Å². The number of aliphatic hydroxyl groups is 8. The van der Waals surface area contributed by atoms with Gasteiger partial charge >= 0.3 is 5.97 Å². The van der Waals surface area contributed by atoms with Gasteiger partial charge in [0.15, 0.2) is 30.1 Å². The van der Waals surface area contributed by atoms with E-state index in [1.54, 1.807) is 26.0 Å². The minimum Gasteiger partial charge on any atom is -0.508 e. The highest BCUT2D eigenvalue weighted by molar-refractivity contribution is 8.01. The van der Waals surface area contributed by atoms with Crippen LogP contribution in [0.4, 0.5) is 0 Å². The number of thiophene rings is 1. The lowest BCUT2D eigenvalue weighted by molar-refractivity contribution is -0.350. The number of phenols is 3. The molecule has 11 bridgehead atoms. The Labute approximate surface area is 741 Å². The highest BCUT2D eigenvalue weighted by Gasteiger charge is 2.53. The molecule has 0 radical (unpaired) electrons. The van der Waals surface area contributed by atoms with E-state index in [0.717, 1.165) is 80.7 Å². The van der Waals surface area contributed by atoms with Crippen molar-refractivity contribution in [3.05, 3.63) is 163 Å². The lowest BCUT2D eigenvalue weighted by Crippen LogP contribution is -2.65. The van der Waals surface area contributed by atoms with Crippen LogP contribution in [0, 0.1) is 5.92 Å². The predicted octanol–water partition coefficient (Wildman–Crippen LogP) is 2.59. The normalized spacial score (nSPS) is 29.6. The Morgan fingerprint density at radius 2 is 1.30 bits per heavy atom. The second-order valence-electron chi connectivity index (χ2n) is 31.7. The van der Waals surface area contributed by atoms with Gasteiger partial charge in [-0.15, -0.1) is 11.3 Å². The van der Waals surface area contributed by atoms with Crippen molar-refractivity contribution >= 4 is 105 Å². The number of phenolic OH excluding ortho intramolecular Hbond substituents is 3. The van der Waals surface area contributed by atoms with Crippen LogP contribution in [0.2, 0.25) is 15.1 Å². The molecular formula is C83H93Cl3N10O28S2. The highest BCUT2D eigenvalue weighted by Crippen LogP contribution is 2.51. The minimum absolute atomic E-state index is 0.129. The number of aliphatic hydroxyl groups excluding tert-OH is 8. The Bertz CT molecular complexity index is 5260. The molecule has 3 saturated heterocycles. The van der Waals surface area contributed by atoms with Gasteiger partial charge in [-0.05, 0) is 146 Å². The second kappa shape index (κ2) is 39.4. The van der Waals surface area contributed by atoms with Crippen LogP contribution < -0.4 is 68.2 Å². The first-order valence-electron chi connectivity index (χ1n) is 39.6. The number of rotatable bonds is 21. The van der Waals surface area contributed by atoms with Gasteiger partial charge in [0.1, 0.15) is 120 Å². The number of ether oxygens (including phenoxy) is 8. The van der Waals surface area contributed by atoms with Crippen molar-refractivity contribution in [2.24, 2.45) is 17.4 Å². The summed E-state index contributed by atoms with van der Waals surface area (Å²) in [5.74, 6) is -16.7. The first kappa shape index (κ1) is 93.8. The van der Waals surface area contributed by atoms with Crippen LogP contribution in [0.25, 0.3) is 11.1 Å². The summed E-state index contributed by atoms with van der Waals surface area (Å²) in [5, 5.41) is 160. The second-order valence-corrected chi connectivity index (χ2v) is 35.5. The van der Waals surface area contributed by atoms with Crippen molar-refractivity contribution in [1.29, 1.82) is 0 Å². The van der Waals surface area contributed by atoms with Gasteiger partial charge in [0.25, 0.3) is 0 Å². The third kappa shape index (κ3) is 20.8. The molecule has 0 spiro atoms. The monoisotopic (exact) mass is 1850 g/mol. The molecular weight excluding hydrogens is 1760 g/mol. The van der Waals surface area contributed by atoms with E-state index in [4.69, 9.17) is 84.2 Å². The number of amides is 7. The summed E-state index contributed by atoms with van der Waals surface area (Å²) in [6, 6.07) is 10.1. The summed E-state index contributed by atoms with van der Waals surface area (Å²) in [5.41, 5.74) is 8.00. The molecule has 8 aliphatic rings. The zero-order valence-corrected chi connectivity index (χ0v) is 71.4. The van der Waals surface area contributed by atoms with Crippen LogP contribution in [0.1, 0.15) is 110 Å². The van der Waals surface area contributed by atoms with Crippen LogP contribution in [-0.4, -0.2) is 238 Å². The van der Waals surface area contributed by atoms with E-state index in [2.05, 4.69) is 42.5 Å². The Kier molecular flexibility index (Phi) is 29.3. The van der Waals surface area contributed by atoms with Gasteiger partial charge in [-0.1, -0.05) is 78.6 Å². The molecule has 15 rings (SSSR count). The van der Waals surface area contributed by atoms with Gasteiger partial charge in [-0.2, -0.15) is 0 Å². The van der Waals surface area contributed by atoms with Crippen LogP contribution in [-0.2, 0) is 68.6 Å². The number of primary amides is 1. The number of halogens is 3. The lowest BCUT2D eigenvalue weighted by atomic mass is 9.86. The molecule has 7 aromatic rings. The van der Waals surface area contributed by atoms with Crippen LogP contribution in [0.15, 0.2) is 124 Å². The number of benzene rings is 6. The summed E-state index contributed by atoms with van der Waals surface area (Å²) < 4.78 is 52.2. The Balaban J connectivity index is 0.959. The molecule has 1 aromatic heterocycles. The minimum atomic E-state index is -2.42. The van der Waals surface area contributed by atoms with Crippen molar-refractivity contribution < 1.29 is 138 Å². The number of carbonyl (C=O) groups excluding carboxylic acids is 7. The molecule has 43 heteroatoms. The van der Waals surface area contributed by atoms with Crippen molar-refractivity contribution in [1.82, 2.24) is 42.5 Å². The zero-order chi connectivity index (χ0) is 90.9. The molecule has 3 fully saturated rings. The Morgan fingerprint density at radius 1 is 0.667 bits per heavy atom. The number of hydrogen-bond acceptors (Lipinski definition) is 32. The van der Waals surface area contributed by atoms with Crippen molar-refractivity contribution in [3.8, 4) is 57.1 Å². The molecule has 24 N–H and O–H groups in total. The Morgan fingerprint density at radius 3 is 1.94 bits per heavy atom. The zero-order valence-electron chi connectivity index (χ0n) is 67.5. The van der Waals surface area contributed by atoms with E-state index < -0.39 is 279 Å². The number of hydrogen-bond donors (Lipinski definition) is 22. The van der Waals surface area contributed by atoms with Gasteiger partial charge < -0.3 is 153 Å². The molecule has 23 atom stereocenters. The van der Waals surface area contributed by atoms with E-state index in [1.165, 1.54) is 56.1 Å². The number of carboxylic acids is 1. The van der Waals surface area contributed by atoms with Crippen LogP contribution >= 0.6 is 57.9 Å². The number of likely N-dealkylation sites (N-methyl/N-ethyl adjacent to an activating group) is 1. The smallest absolute Gasteiger partial charge is 0.330 e. The molecule has 0 aliphatic carbocycles. The number of aliphatic carboxylic acids is 1. The largest absolute Gasteiger partial charge is 0.508 e. The fourth-order valence-electron chi connectivity index (χ4n) is 15.5. The van der Waals surface area contributed by atoms with Gasteiger partial charge in [0.05, 0.1) is 45.5 Å². The summed E-state index contributed by atoms with van der Waals surface area (Å²) in [4.78, 5) is 122. The molecule has 126 heavy (non-hydrogen) atoms. The quantitative estimate of drug-likeness (QED) is 0.0491. The lowest BCUT2D eigenvalue weighted by Gasteiger charge is -2.46. The molecule has 9 heterocycles. The van der Waals surface area contributed by atoms with Crippen molar-refractivity contribution in [2.75, 3.05) is 20.2 Å². The maximum Gasteiger partial charge on any atom is 0.330 e. The molecule has 6 aromatic carbocycles. The highest BCUT2D eigenvalue weighted by atomic mass is 35.5. The van der Waals surface area contributed by atoms with E-state index in [-0.39, 0.29) is 48.5 Å². The van der Waals surface area contributed by atoms with Crippen molar-refractivity contribution in [2.45, 2.75) is 203 Å². The fourth-order valence-corrected chi connectivity index (χ4v) is 18.2. The average Bonchev–Trinajstić information content (AvgIpc) is 0.820. The number of nitrogens with one attached hydrogen (secondary N) is 8. The SMILES string of the molecule is CN[C@H](CC(C)C)C(=O)N[C@H]1C(=O)N[C@@H](CC(N)=O)C(=O)N[C@H]2C(=O)N[C@H]3C(=O)N[C@H](C(=O)N[C@@H](C(=O)O)c4cc(O)cc(O)c4-c4cc3ccc4O)[C@H](O[C@H]3C[C@](C)(N)[C@@H](O)[C@H](C)O3)c3ccc(c(Cl)c3)Oc3cc2cc(c3OC2O[C@H](CO)[C@@H](O[C@H]3O[C@H](CNCc4ccc(Sc5ccc(Cl)cc5)s4)[C@H](O)[C@H](O)[C@H]3O)[C@H](O)[C@H]2O)Oc2ccc(cc2Cl)[C@H]1O. The maximum atomic E-state index is 16.4. The fraction of sp³-hybridized carbons (Fsp3) is 0.422. The van der Waals surface area contributed by atoms with Crippen molar-refractivity contribution in [3.63, 3.8) is 0 Å².